The van der Waals surface area contributed by atoms with Gasteiger partial charge in [-0.2, -0.15) is 0 Å². The summed E-state index contributed by atoms with van der Waals surface area (Å²) in [5, 5.41) is 0. The molecule has 21 heavy (non-hydrogen) atoms. The van der Waals surface area contributed by atoms with Crippen LogP contribution in [0, 0.1) is 0 Å². The van der Waals surface area contributed by atoms with E-state index in [1.807, 2.05) is 30.3 Å². The Kier molecular flexibility index (Phi) is 6.10. The highest BCUT2D eigenvalue weighted by atomic mass is 16.5. The van der Waals surface area contributed by atoms with Crippen molar-refractivity contribution in [3.05, 3.63) is 60.2 Å². The Labute approximate surface area is 127 Å². The first-order valence-corrected chi connectivity index (χ1v) is 7.35. The fourth-order valence-electron chi connectivity index (χ4n) is 2.21. The molecule has 0 saturated carbocycles. The van der Waals surface area contributed by atoms with Crippen LogP contribution >= 0.6 is 0 Å². The number of rotatable bonds is 8. The fourth-order valence-corrected chi connectivity index (χ4v) is 2.21. The van der Waals surface area contributed by atoms with Gasteiger partial charge in [-0.15, -0.1) is 0 Å². The summed E-state index contributed by atoms with van der Waals surface area (Å²) in [5.41, 5.74) is 1.33. The number of hydrogen-bond acceptors (Lipinski definition) is 3. The molecule has 112 valence electrons. The molecule has 0 aliphatic heterocycles. The standard InChI is InChI=1S/C18H23NO2/c1-3-19(15-16-9-5-4-6-10-16)13-14-21-18-12-8-7-11-17(18)20-2/h4-12H,3,13-15H2,1-2H3. The predicted octanol–water partition coefficient (Wildman–Crippen LogP) is 3.60. The van der Waals surface area contributed by atoms with E-state index in [1.165, 1.54) is 5.56 Å². The summed E-state index contributed by atoms with van der Waals surface area (Å²) in [5.74, 6) is 1.58. The lowest BCUT2D eigenvalue weighted by atomic mass is 10.2. The average Bonchev–Trinajstić information content (AvgIpc) is 2.55. The maximum atomic E-state index is 5.83. The Bertz CT molecular complexity index is 528. The van der Waals surface area contributed by atoms with Crippen molar-refractivity contribution >= 4 is 0 Å². The Morgan fingerprint density at radius 3 is 2.24 bits per heavy atom. The van der Waals surface area contributed by atoms with Gasteiger partial charge in [0, 0.05) is 13.1 Å². The molecule has 3 heteroatoms. The van der Waals surface area contributed by atoms with Crippen molar-refractivity contribution < 1.29 is 9.47 Å². The molecule has 2 aromatic rings. The van der Waals surface area contributed by atoms with Gasteiger partial charge < -0.3 is 9.47 Å². The first kappa shape index (κ1) is 15.4. The molecular weight excluding hydrogens is 262 g/mol. The lowest BCUT2D eigenvalue weighted by Crippen LogP contribution is -2.27. The zero-order valence-electron chi connectivity index (χ0n) is 12.8. The van der Waals surface area contributed by atoms with Gasteiger partial charge in [0.1, 0.15) is 6.61 Å². The molecular formula is C18H23NO2. The monoisotopic (exact) mass is 285 g/mol. The third-order valence-corrected chi connectivity index (χ3v) is 3.43. The summed E-state index contributed by atoms with van der Waals surface area (Å²) in [4.78, 5) is 2.37. The predicted molar refractivity (Wildman–Crippen MR) is 85.9 cm³/mol. The van der Waals surface area contributed by atoms with E-state index in [0.29, 0.717) is 6.61 Å². The number of benzene rings is 2. The van der Waals surface area contributed by atoms with E-state index in [0.717, 1.165) is 31.1 Å². The highest BCUT2D eigenvalue weighted by Crippen LogP contribution is 2.25. The number of nitrogens with zero attached hydrogens (tertiary/aromatic N) is 1. The maximum absolute atomic E-state index is 5.83. The third kappa shape index (κ3) is 4.80. The van der Waals surface area contributed by atoms with Crippen molar-refractivity contribution in [1.29, 1.82) is 0 Å². The van der Waals surface area contributed by atoms with Crippen LogP contribution in [0.5, 0.6) is 11.5 Å². The number of ether oxygens (including phenoxy) is 2. The van der Waals surface area contributed by atoms with Crippen LogP contribution in [-0.2, 0) is 6.54 Å². The van der Waals surface area contributed by atoms with Gasteiger partial charge in [-0.1, -0.05) is 49.4 Å². The van der Waals surface area contributed by atoms with Crippen LogP contribution in [-0.4, -0.2) is 31.7 Å². The minimum atomic E-state index is 0.654. The van der Waals surface area contributed by atoms with E-state index >= 15 is 0 Å². The normalized spacial score (nSPS) is 10.6. The first-order valence-electron chi connectivity index (χ1n) is 7.35. The zero-order valence-corrected chi connectivity index (χ0v) is 12.8. The highest BCUT2D eigenvalue weighted by Gasteiger charge is 2.06. The van der Waals surface area contributed by atoms with Crippen LogP contribution in [0.3, 0.4) is 0 Å². The van der Waals surface area contributed by atoms with E-state index in [9.17, 15) is 0 Å². The second-order valence-corrected chi connectivity index (χ2v) is 4.85. The molecule has 0 fully saturated rings. The summed E-state index contributed by atoms with van der Waals surface area (Å²) in [6.07, 6.45) is 0. The molecule has 2 rings (SSSR count). The second-order valence-electron chi connectivity index (χ2n) is 4.85. The number of likely N-dealkylation sites (N-methyl/N-ethyl adjacent to an activating group) is 1. The van der Waals surface area contributed by atoms with Crippen molar-refractivity contribution in [2.24, 2.45) is 0 Å². The summed E-state index contributed by atoms with van der Waals surface area (Å²) in [6.45, 7) is 5.67. The first-order chi connectivity index (χ1) is 10.3. The number of para-hydroxylation sites is 2. The summed E-state index contributed by atoms with van der Waals surface area (Å²) in [6, 6.07) is 18.3. The summed E-state index contributed by atoms with van der Waals surface area (Å²) in [7, 11) is 1.66. The number of methoxy groups -OCH3 is 1. The van der Waals surface area contributed by atoms with Crippen molar-refractivity contribution in [2.75, 3.05) is 26.8 Å². The van der Waals surface area contributed by atoms with Crippen LogP contribution in [0.1, 0.15) is 12.5 Å². The largest absolute Gasteiger partial charge is 0.493 e. The summed E-state index contributed by atoms with van der Waals surface area (Å²) < 4.78 is 11.1. The van der Waals surface area contributed by atoms with Crippen LogP contribution in [0.15, 0.2) is 54.6 Å². The van der Waals surface area contributed by atoms with Gasteiger partial charge in [-0.25, -0.2) is 0 Å². The topological polar surface area (TPSA) is 21.7 Å². The third-order valence-electron chi connectivity index (χ3n) is 3.43. The van der Waals surface area contributed by atoms with Gasteiger partial charge in [-0.05, 0) is 24.2 Å². The molecule has 0 saturated heterocycles. The molecule has 0 aliphatic rings. The molecule has 0 aromatic heterocycles. The van der Waals surface area contributed by atoms with Crippen molar-refractivity contribution in [1.82, 2.24) is 4.90 Å². The zero-order chi connectivity index (χ0) is 14.9. The molecule has 0 atom stereocenters. The minimum absolute atomic E-state index is 0.654. The summed E-state index contributed by atoms with van der Waals surface area (Å²) >= 11 is 0. The van der Waals surface area contributed by atoms with Gasteiger partial charge in [-0.3, -0.25) is 4.90 Å². The van der Waals surface area contributed by atoms with Crippen molar-refractivity contribution in [3.8, 4) is 11.5 Å². The smallest absolute Gasteiger partial charge is 0.161 e. The molecule has 0 bridgehead atoms. The van der Waals surface area contributed by atoms with Crippen LogP contribution in [0.4, 0.5) is 0 Å². The van der Waals surface area contributed by atoms with E-state index < -0.39 is 0 Å². The molecule has 0 spiro atoms. The Hall–Kier alpha value is -2.00. The van der Waals surface area contributed by atoms with Gasteiger partial charge in [0.05, 0.1) is 7.11 Å². The Morgan fingerprint density at radius 2 is 1.57 bits per heavy atom. The van der Waals surface area contributed by atoms with E-state index in [1.54, 1.807) is 7.11 Å². The number of hydrogen-bond donors (Lipinski definition) is 0. The Morgan fingerprint density at radius 1 is 0.905 bits per heavy atom. The van der Waals surface area contributed by atoms with E-state index in [4.69, 9.17) is 9.47 Å². The second kappa shape index (κ2) is 8.32. The molecule has 0 N–H and O–H groups in total. The molecule has 2 aromatic carbocycles. The molecule has 0 heterocycles. The lowest BCUT2D eigenvalue weighted by molar-refractivity contribution is 0.205. The molecule has 0 radical (unpaired) electrons. The van der Waals surface area contributed by atoms with E-state index in [2.05, 4.69) is 36.1 Å². The van der Waals surface area contributed by atoms with Gasteiger partial charge in [0.2, 0.25) is 0 Å². The van der Waals surface area contributed by atoms with Gasteiger partial charge in [0.15, 0.2) is 11.5 Å². The van der Waals surface area contributed by atoms with Gasteiger partial charge in [0.25, 0.3) is 0 Å². The minimum Gasteiger partial charge on any atom is -0.493 e. The molecule has 0 aliphatic carbocycles. The van der Waals surface area contributed by atoms with Crippen LogP contribution in [0.2, 0.25) is 0 Å². The highest BCUT2D eigenvalue weighted by molar-refractivity contribution is 5.39. The van der Waals surface area contributed by atoms with E-state index in [-0.39, 0.29) is 0 Å². The van der Waals surface area contributed by atoms with Crippen LogP contribution in [0.25, 0.3) is 0 Å². The average molecular weight is 285 g/mol. The fraction of sp³-hybridized carbons (Fsp3) is 0.333. The van der Waals surface area contributed by atoms with Gasteiger partial charge >= 0.3 is 0 Å². The maximum Gasteiger partial charge on any atom is 0.161 e. The van der Waals surface area contributed by atoms with Crippen molar-refractivity contribution in [3.63, 3.8) is 0 Å². The lowest BCUT2D eigenvalue weighted by Gasteiger charge is -2.21. The van der Waals surface area contributed by atoms with Crippen LogP contribution < -0.4 is 9.47 Å². The van der Waals surface area contributed by atoms with Crippen molar-refractivity contribution in [2.45, 2.75) is 13.5 Å². The quantitative estimate of drug-likeness (QED) is 0.740. The Balaban J connectivity index is 1.83. The molecule has 0 unspecified atom stereocenters. The SMILES string of the molecule is CCN(CCOc1ccccc1OC)Cc1ccccc1. The molecule has 3 nitrogen and oxygen atoms in total. The molecule has 0 amide bonds.